The van der Waals surface area contributed by atoms with E-state index >= 15 is 0 Å². The van der Waals surface area contributed by atoms with Gasteiger partial charge in [-0.2, -0.15) is 0 Å². The van der Waals surface area contributed by atoms with Crippen LogP contribution in [0.25, 0.3) is 0 Å². The second-order valence-electron chi connectivity index (χ2n) is 5.00. The molecule has 2 aliphatic heterocycles. The maximum absolute atomic E-state index is 11.7. The highest BCUT2D eigenvalue weighted by Crippen LogP contribution is 2.35. The van der Waals surface area contributed by atoms with Crippen molar-refractivity contribution in [2.24, 2.45) is 0 Å². The topological polar surface area (TPSA) is 23.6 Å². The van der Waals surface area contributed by atoms with Crippen molar-refractivity contribution in [3.8, 4) is 0 Å². The number of hydrogen-bond acceptors (Lipinski definition) is 2. The van der Waals surface area contributed by atoms with Gasteiger partial charge in [0.15, 0.2) is 0 Å². The molecule has 1 aromatic carbocycles. The molecule has 1 unspecified atom stereocenters. The fourth-order valence-corrected chi connectivity index (χ4v) is 2.91. The molecule has 2 heterocycles. The van der Waals surface area contributed by atoms with Gasteiger partial charge in [0.25, 0.3) is 0 Å². The number of rotatable bonds is 2. The molecule has 2 aliphatic rings. The van der Waals surface area contributed by atoms with Gasteiger partial charge in [-0.05, 0) is 30.5 Å². The third-order valence-electron chi connectivity index (χ3n) is 3.91. The van der Waals surface area contributed by atoms with Gasteiger partial charge in [0, 0.05) is 17.8 Å². The minimum atomic E-state index is 0.192. The van der Waals surface area contributed by atoms with Gasteiger partial charge in [-0.25, -0.2) is 0 Å². The molecule has 0 saturated carbocycles. The van der Waals surface area contributed by atoms with Crippen molar-refractivity contribution in [2.75, 3.05) is 11.4 Å². The minimum Gasteiger partial charge on any atom is -0.323 e. The van der Waals surface area contributed by atoms with E-state index in [4.69, 9.17) is 0 Å². The van der Waals surface area contributed by atoms with Crippen molar-refractivity contribution in [3.05, 3.63) is 42.1 Å². The normalized spacial score (nSPS) is 22.8. The van der Waals surface area contributed by atoms with Crippen molar-refractivity contribution < 1.29 is 4.79 Å². The Morgan fingerprint density at radius 2 is 2.06 bits per heavy atom. The maximum Gasteiger partial charge on any atom is 0.224 e. The molecule has 1 aromatic rings. The summed E-state index contributed by atoms with van der Waals surface area (Å²) in [5, 5.41) is 0. The lowest BCUT2D eigenvalue weighted by atomic mass is 10.1. The van der Waals surface area contributed by atoms with E-state index < -0.39 is 0 Å². The molecule has 18 heavy (non-hydrogen) atoms. The van der Waals surface area contributed by atoms with E-state index in [-0.39, 0.29) is 12.1 Å². The molecule has 0 bridgehead atoms. The Kier molecular flexibility index (Phi) is 2.62. The number of anilines is 1. The predicted octanol–water partition coefficient (Wildman–Crippen LogP) is 2.53. The highest BCUT2D eigenvalue weighted by molar-refractivity contribution is 5.81. The van der Waals surface area contributed by atoms with Crippen LogP contribution in [0.1, 0.15) is 25.3 Å². The zero-order valence-electron chi connectivity index (χ0n) is 10.7. The van der Waals surface area contributed by atoms with Gasteiger partial charge in [-0.1, -0.05) is 25.6 Å². The lowest BCUT2D eigenvalue weighted by Gasteiger charge is -2.26. The molecule has 1 amide bonds. The van der Waals surface area contributed by atoms with Gasteiger partial charge in [-0.15, -0.1) is 0 Å². The average Bonchev–Trinajstić information content (AvgIpc) is 2.89. The Morgan fingerprint density at radius 1 is 1.33 bits per heavy atom. The van der Waals surface area contributed by atoms with Crippen LogP contribution in [-0.2, 0) is 11.2 Å². The number of carbonyl (C=O) groups excluding carboxylic acids is 1. The Morgan fingerprint density at radius 3 is 2.72 bits per heavy atom. The lowest BCUT2D eigenvalue weighted by molar-refractivity contribution is -0.127. The maximum atomic E-state index is 11.7. The van der Waals surface area contributed by atoms with Gasteiger partial charge >= 0.3 is 0 Å². The fourth-order valence-electron chi connectivity index (χ4n) is 2.91. The first kappa shape index (κ1) is 11.3. The molecule has 0 aromatic heterocycles. The molecule has 3 nitrogen and oxygen atoms in total. The van der Waals surface area contributed by atoms with E-state index in [0.717, 1.165) is 24.2 Å². The molecule has 94 valence electrons. The van der Waals surface area contributed by atoms with Crippen LogP contribution in [-0.4, -0.2) is 23.5 Å². The summed E-state index contributed by atoms with van der Waals surface area (Å²) < 4.78 is 0. The van der Waals surface area contributed by atoms with Gasteiger partial charge in [0.2, 0.25) is 5.91 Å². The summed E-state index contributed by atoms with van der Waals surface area (Å²) in [6, 6.07) is 8.58. The van der Waals surface area contributed by atoms with Gasteiger partial charge < -0.3 is 9.80 Å². The first-order valence-corrected chi connectivity index (χ1v) is 6.56. The molecule has 3 heteroatoms. The molecule has 3 rings (SSSR count). The van der Waals surface area contributed by atoms with Gasteiger partial charge in [0.1, 0.15) is 6.17 Å². The number of nitrogens with zero attached hydrogens (tertiary/aromatic N) is 2. The summed E-state index contributed by atoms with van der Waals surface area (Å²) in [7, 11) is 0. The summed E-state index contributed by atoms with van der Waals surface area (Å²) in [6.07, 6.45) is 2.82. The summed E-state index contributed by atoms with van der Waals surface area (Å²) in [6.45, 7) is 6.94. The summed E-state index contributed by atoms with van der Waals surface area (Å²) >= 11 is 0. The predicted molar refractivity (Wildman–Crippen MR) is 72.2 cm³/mol. The van der Waals surface area contributed by atoms with Gasteiger partial charge in [-0.3, -0.25) is 4.79 Å². The average molecular weight is 242 g/mol. The SMILES string of the molecule is C=C1CN2C(=O)CCC2N1c1ccc(CC)cc1. The van der Waals surface area contributed by atoms with Crippen LogP contribution in [0.4, 0.5) is 5.69 Å². The van der Waals surface area contributed by atoms with Gasteiger partial charge in [0.05, 0.1) is 6.54 Å². The fraction of sp³-hybridized carbons (Fsp3) is 0.400. The van der Waals surface area contributed by atoms with E-state index in [2.05, 4.69) is 42.7 Å². The van der Waals surface area contributed by atoms with Crippen molar-refractivity contribution >= 4 is 11.6 Å². The molecular formula is C15H18N2O. The second kappa shape index (κ2) is 4.16. The van der Waals surface area contributed by atoms with Crippen LogP contribution in [0, 0.1) is 0 Å². The third-order valence-corrected chi connectivity index (χ3v) is 3.91. The van der Waals surface area contributed by atoms with Crippen LogP contribution in [0.15, 0.2) is 36.5 Å². The molecule has 0 aliphatic carbocycles. The number of carbonyl (C=O) groups is 1. The van der Waals surface area contributed by atoms with Crippen LogP contribution in [0.2, 0.25) is 0 Å². The Labute approximate surface area is 108 Å². The number of amides is 1. The lowest BCUT2D eigenvalue weighted by Crippen LogP contribution is -2.35. The monoisotopic (exact) mass is 242 g/mol. The zero-order valence-corrected chi connectivity index (χ0v) is 10.7. The quantitative estimate of drug-likeness (QED) is 0.795. The Bertz CT molecular complexity index is 492. The van der Waals surface area contributed by atoms with E-state index in [9.17, 15) is 4.79 Å². The summed E-state index contributed by atoms with van der Waals surface area (Å²) in [5.74, 6) is 0.258. The third kappa shape index (κ3) is 1.62. The number of fused-ring (bicyclic) bond motifs is 1. The highest BCUT2D eigenvalue weighted by atomic mass is 16.2. The van der Waals surface area contributed by atoms with Crippen LogP contribution >= 0.6 is 0 Å². The molecule has 2 saturated heterocycles. The van der Waals surface area contributed by atoms with E-state index in [1.165, 1.54) is 5.56 Å². The smallest absolute Gasteiger partial charge is 0.224 e. The molecule has 0 N–H and O–H groups in total. The first-order valence-electron chi connectivity index (χ1n) is 6.56. The molecule has 1 atom stereocenters. The van der Waals surface area contributed by atoms with Crippen molar-refractivity contribution in [2.45, 2.75) is 32.4 Å². The van der Waals surface area contributed by atoms with Crippen molar-refractivity contribution in [3.63, 3.8) is 0 Å². The standard InChI is InChI=1S/C15H18N2O/c1-3-12-4-6-13(7-5-12)17-11(2)10-16-14(17)8-9-15(16)18/h4-7,14H,2-3,8-10H2,1H3. The molecular weight excluding hydrogens is 224 g/mol. The summed E-state index contributed by atoms with van der Waals surface area (Å²) in [5.41, 5.74) is 3.51. The van der Waals surface area contributed by atoms with Crippen molar-refractivity contribution in [1.29, 1.82) is 0 Å². The largest absolute Gasteiger partial charge is 0.323 e. The molecule has 2 fully saturated rings. The Hall–Kier alpha value is -1.77. The molecule has 0 radical (unpaired) electrons. The van der Waals surface area contributed by atoms with E-state index in [1.54, 1.807) is 0 Å². The van der Waals surface area contributed by atoms with Crippen LogP contribution in [0.5, 0.6) is 0 Å². The molecule has 0 spiro atoms. The zero-order chi connectivity index (χ0) is 12.7. The Balaban J connectivity index is 1.90. The number of benzene rings is 1. The van der Waals surface area contributed by atoms with E-state index in [0.29, 0.717) is 13.0 Å². The number of aryl methyl sites for hydroxylation is 1. The number of hydrogen-bond donors (Lipinski definition) is 0. The van der Waals surface area contributed by atoms with Crippen LogP contribution in [0.3, 0.4) is 0 Å². The highest BCUT2D eigenvalue weighted by Gasteiger charge is 2.42. The van der Waals surface area contributed by atoms with E-state index in [1.807, 2.05) is 4.90 Å². The second-order valence-corrected chi connectivity index (χ2v) is 5.00. The van der Waals surface area contributed by atoms with Crippen LogP contribution < -0.4 is 4.90 Å². The van der Waals surface area contributed by atoms with Crippen molar-refractivity contribution in [1.82, 2.24) is 4.90 Å². The minimum absolute atomic E-state index is 0.192. The first-order chi connectivity index (χ1) is 8.70. The summed E-state index contributed by atoms with van der Waals surface area (Å²) in [4.78, 5) is 15.9.